The predicted octanol–water partition coefficient (Wildman–Crippen LogP) is 3.96. The topological polar surface area (TPSA) is 66.5 Å². The molecule has 0 unspecified atom stereocenters. The fourth-order valence-corrected chi connectivity index (χ4v) is 3.91. The summed E-state index contributed by atoms with van der Waals surface area (Å²) in [6, 6.07) is 12.2. The average molecular weight is 415 g/mol. The van der Waals surface area contributed by atoms with Crippen LogP contribution in [0.4, 0.5) is 5.69 Å². The molecule has 0 saturated carbocycles. The van der Waals surface area contributed by atoms with Gasteiger partial charge in [-0.25, -0.2) is 8.42 Å². The van der Waals surface area contributed by atoms with Crippen molar-refractivity contribution in [3.63, 3.8) is 0 Å². The zero-order chi connectivity index (χ0) is 19.3. The van der Waals surface area contributed by atoms with E-state index in [1.807, 2.05) is 13.8 Å². The van der Waals surface area contributed by atoms with E-state index in [1.54, 1.807) is 18.2 Å². The Morgan fingerprint density at radius 3 is 2.31 bits per heavy atom. The van der Waals surface area contributed by atoms with E-state index in [2.05, 4.69) is 5.32 Å². The molecule has 0 radical (unpaired) electrons. The number of nitrogens with one attached hydrogen (secondary N) is 1. The number of carbonyl (C=O) groups is 1. The molecule has 1 amide bonds. The minimum Gasteiger partial charge on any atom is -0.354 e. The van der Waals surface area contributed by atoms with Gasteiger partial charge in [0.25, 0.3) is 10.0 Å². The van der Waals surface area contributed by atoms with Crippen LogP contribution in [0.3, 0.4) is 0 Å². The number of carbonyl (C=O) groups excluding carboxylic acids is 1. The highest BCUT2D eigenvalue weighted by atomic mass is 35.5. The molecule has 0 bridgehead atoms. The Bertz CT molecular complexity index is 868. The van der Waals surface area contributed by atoms with E-state index in [0.717, 1.165) is 4.31 Å². The third-order valence-corrected chi connectivity index (χ3v) is 5.77. The lowest BCUT2D eigenvalue weighted by Crippen LogP contribution is -2.41. The first kappa shape index (κ1) is 20.6. The molecule has 0 aliphatic heterocycles. The Morgan fingerprint density at radius 2 is 1.73 bits per heavy atom. The van der Waals surface area contributed by atoms with Crippen molar-refractivity contribution in [3.05, 3.63) is 58.6 Å². The van der Waals surface area contributed by atoms with Gasteiger partial charge in [-0.15, -0.1) is 0 Å². The maximum Gasteiger partial charge on any atom is 0.264 e. The van der Waals surface area contributed by atoms with E-state index in [1.165, 1.54) is 30.3 Å². The summed E-state index contributed by atoms with van der Waals surface area (Å²) in [4.78, 5) is 12.3. The Balaban J connectivity index is 2.39. The van der Waals surface area contributed by atoms with E-state index < -0.39 is 15.9 Å². The van der Waals surface area contributed by atoms with Crippen molar-refractivity contribution in [2.24, 2.45) is 5.92 Å². The van der Waals surface area contributed by atoms with Crippen LogP contribution in [-0.4, -0.2) is 27.4 Å². The molecule has 140 valence electrons. The number of rotatable bonds is 7. The summed E-state index contributed by atoms with van der Waals surface area (Å²) in [7, 11) is -3.97. The number of halogens is 2. The molecule has 0 aromatic heterocycles. The molecule has 0 atom stereocenters. The summed E-state index contributed by atoms with van der Waals surface area (Å²) >= 11 is 11.8. The zero-order valence-corrected chi connectivity index (χ0v) is 16.8. The lowest BCUT2D eigenvalue weighted by molar-refractivity contribution is -0.119. The fourth-order valence-electron chi connectivity index (χ4n) is 2.18. The Morgan fingerprint density at radius 1 is 1.08 bits per heavy atom. The van der Waals surface area contributed by atoms with Gasteiger partial charge < -0.3 is 5.32 Å². The van der Waals surface area contributed by atoms with Crippen molar-refractivity contribution in [2.75, 3.05) is 17.4 Å². The fraction of sp³-hybridized carbons (Fsp3) is 0.278. The van der Waals surface area contributed by atoms with Gasteiger partial charge in [0, 0.05) is 16.6 Å². The minimum absolute atomic E-state index is 0.0403. The molecule has 0 fully saturated rings. The molecular formula is C18H20Cl2N2O3S. The molecule has 0 aliphatic rings. The SMILES string of the molecule is CC(C)CNC(=O)CN(c1cccc(Cl)c1)S(=O)(=O)c1ccc(Cl)cc1. The van der Waals surface area contributed by atoms with E-state index in [9.17, 15) is 13.2 Å². The predicted molar refractivity (Wildman–Crippen MR) is 105 cm³/mol. The maximum atomic E-state index is 13.1. The van der Waals surface area contributed by atoms with Crippen LogP contribution in [0.25, 0.3) is 0 Å². The molecule has 0 saturated heterocycles. The molecule has 1 N–H and O–H groups in total. The number of amides is 1. The van der Waals surface area contributed by atoms with Crippen LogP contribution in [0, 0.1) is 5.92 Å². The number of hydrogen-bond donors (Lipinski definition) is 1. The van der Waals surface area contributed by atoms with Gasteiger partial charge in [0.1, 0.15) is 6.54 Å². The quantitative estimate of drug-likeness (QED) is 0.745. The van der Waals surface area contributed by atoms with Crippen LogP contribution in [-0.2, 0) is 14.8 Å². The molecule has 5 nitrogen and oxygen atoms in total. The number of anilines is 1. The largest absolute Gasteiger partial charge is 0.354 e. The molecule has 0 aliphatic carbocycles. The molecule has 0 heterocycles. The molecule has 0 spiro atoms. The molecule has 26 heavy (non-hydrogen) atoms. The van der Waals surface area contributed by atoms with Crippen LogP contribution in [0.5, 0.6) is 0 Å². The van der Waals surface area contributed by atoms with Crippen molar-refractivity contribution >= 4 is 44.8 Å². The minimum atomic E-state index is -3.97. The van der Waals surface area contributed by atoms with E-state index in [0.29, 0.717) is 22.3 Å². The summed E-state index contributed by atoms with van der Waals surface area (Å²) < 4.78 is 27.2. The second kappa shape index (κ2) is 8.75. The molecular weight excluding hydrogens is 395 g/mol. The second-order valence-electron chi connectivity index (χ2n) is 6.14. The molecule has 8 heteroatoms. The summed E-state index contributed by atoms with van der Waals surface area (Å²) in [5.41, 5.74) is 0.312. The van der Waals surface area contributed by atoms with Crippen LogP contribution in [0.1, 0.15) is 13.8 Å². The zero-order valence-electron chi connectivity index (χ0n) is 14.4. The summed E-state index contributed by atoms with van der Waals surface area (Å²) in [5.74, 6) is -0.136. The van der Waals surface area contributed by atoms with Crippen molar-refractivity contribution in [1.29, 1.82) is 0 Å². The molecule has 2 aromatic rings. The van der Waals surface area contributed by atoms with Crippen molar-refractivity contribution in [2.45, 2.75) is 18.7 Å². The molecule has 2 rings (SSSR count). The third kappa shape index (κ3) is 5.37. The van der Waals surface area contributed by atoms with Crippen molar-refractivity contribution in [1.82, 2.24) is 5.32 Å². The Labute approximate surface area is 164 Å². The van der Waals surface area contributed by atoms with E-state index in [-0.39, 0.29) is 17.4 Å². The summed E-state index contributed by atoms with van der Waals surface area (Å²) in [5, 5.41) is 3.53. The van der Waals surface area contributed by atoms with Crippen LogP contribution >= 0.6 is 23.2 Å². The Hall–Kier alpha value is -1.76. The Kier molecular flexibility index (Phi) is 6.92. The second-order valence-corrected chi connectivity index (χ2v) is 8.88. The van der Waals surface area contributed by atoms with Crippen LogP contribution in [0.2, 0.25) is 10.0 Å². The van der Waals surface area contributed by atoms with Crippen molar-refractivity contribution in [3.8, 4) is 0 Å². The number of hydrogen-bond acceptors (Lipinski definition) is 3. The highest BCUT2D eigenvalue weighted by molar-refractivity contribution is 7.92. The highest BCUT2D eigenvalue weighted by Crippen LogP contribution is 2.26. The van der Waals surface area contributed by atoms with Crippen LogP contribution in [0.15, 0.2) is 53.4 Å². The first-order valence-electron chi connectivity index (χ1n) is 8.00. The number of benzene rings is 2. The summed E-state index contributed by atoms with van der Waals surface area (Å²) in [6.45, 7) is 4.03. The van der Waals surface area contributed by atoms with Gasteiger partial charge in [-0.05, 0) is 48.4 Å². The van der Waals surface area contributed by atoms with Gasteiger partial charge in [0.2, 0.25) is 5.91 Å². The normalized spacial score (nSPS) is 11.4. The number of nitrogens with zero attached hydrogens (tertiary/aromatic N) is 1. The highest BCUT2D eigenvalue weighted by Gasteiger charge is 2.27. The number of sulfonamides is 1. The monoisotopic (exact) mass is 414 g/mol. The van der Waals surface area contributed by atoms with E-state index >= 15 is 0 Å². The smallest absolute Gasteiger partial charge is 0.264 e. The van der Waals surface area contributed by atoms with Gasteiger partial charge in [-0.3, -0.25) is 9.10 Å². The third-order valence-electron chi connectivity index (χ3n) is 3.49. The van der Waals surface area contributed by atoms with Crippen LogP contribution < -0.4 is 9.62 Å². The van der Waals surface area contributed by atoms with Gasteiger partial charge in [0.15, 0.2) is 0 Å². The van der Waals surface area contributed by atoms with Gasteiger partial charge in [-0.2, -0.15) is 0 Å². The van der Waals surface area contributed by atoms with Gasteiger partial charge in [-0.1, -0.05) is 43.1 Å². The lowest BCUT2D eigenvalue weighted by Gasteiger charge is -2.24. The van der Waals surface area contributed by atoms with Gasteiger partial charge in [0.05, 0.1) is 10.6 Å². The maximum absolute atomic E-state index is 13.1. The average Bonchev–Trinajstić information content (AvgIpc) is 2.58. The summed E-state index contributed by atoms with van der Waals surface area (Å²) in [6.07, 6.45) is 0. The van der Waals surface area contributed by atoms with Gasteiger partial charge >= 0.3 is 0 Å². The van der Waals surface area contributed by atoms with E-state index in [4.69, 9.17) is 23.2 Å². The standard InChI is InChI=1S/C18H20Cl2N2O3S/c1-13(2)11-21-18(23)12-22(16-5-3-4-15(20)10-16)26(24,25)17-8-6-14(19)7-9-17/h3-10,13H,11-12H2,1-2H3,(H,21,23). The first-order valence-corrected chi connectivity index (χ1v) is 10.2. The first-order chi connectivity index (χ1) is 12.2. The lowest BCUT2D eigenvalue weighted by atomic mass is 10.2. The molecule has 2 aromatic carbocycles. The van der Waals surface area contributed by atoms with Crippen molar-refractivity contribution < 1.29 is 13.2 Å².